The predicted molar refractivity (Wildman–Crippen MR) is 86.9 cm³/mol. The third kappa shape index (κ3) is 3.21. The first-order chi connectivity index (χ1) is 11.0. The summed E-state index contributed by atoms with van der Waals surface area (Å²) in [6.07, 6.45) is 1.55. The highest BCUT2D eigenvalue weighted by atomic mass is 16.3. The molecule has 116 valence electrons. The van der Waals surface area contributed by atoms with Crippen LogP contribution in [0.25, 0.3) is 5.69 Å². The monoisotopic (exact) mass is 308 g/mol. The number of benzene rings is 2. The van der Waals surface area contributed by atoms with Crippen LogP contribution in [0.1, 0.15) is 21.6 Å². The second-order valence-electron chi connectivity index (χ2n) is 5.36. The van der Waals surface area contributed by atoms with Crippen LogP contribution in [0.2, 0.25) is 0 Å². The number of amides is 1. The number of phenolic OH excluding ortho intramolecular Hbond substituents is 1. The lowest BCUT2D eigenvalue weighted by Crippen LogP contribution is -2.12. The van der Waals surface area contributed by atoms with Crippen molar-refractivity contribution in [1.82, 2.24) is 15.0 Å². The van der Waals surface area contributed by atoms with E-state index in [1.54, 1.807) is 24.4 Å². The molecule has 1 amide bonds. The van der Waals surface area contributed by atoms with E-state index in [9.17, 15) is 9.90 Å². The molecule has 0 aliphatic carbocycles. The number of carbonyl (C=O) groups is 1. The Morgan fingerprint density at radius 2 is 1.78 bits per heavy atom. The molecule has 0 fully saturated rings. The number of anilines is 1. The molecule has 0 aliphatic heterocycles. The smallest absolute Gasteiger partial charge is 0.277 e. The second-order valence-corrected chi connectivity index (χ2v) is 5.36. The molecule has 0 aliphatic rings. The van der Waals surface area contributed by atoms with Crippen LogP contribution < -0.4 is 5.32 Å². The van der Waals surface area contributed by atoms with E-state index in [1.165, 1.54) is 4.68 Å². The van der Waals surface area contributed by atoms with Crippen molar-refractivity contribution in [2.75, 3.05) is 5.32 Å². The summed E-state index contributed by atoms with van der Waals surface area (Å²) in [4.78, 5) is 12.2. The molecule has 6 nitrogen and oxygen atoms in total. The molecule has 0 spiro atoms. The van der Waals surface area contributed by atoms with Gasteiger partial charge in [0, 0.05) is 0 Å². The first kappa shape index (κ1) is 14.8. The molecule has 3 rings (SSSR count). The lowest BCUT2D eigenvalue weighted by atomic mass is 10.2. The van der Waals surface area contributed by atoms with Gasteiger partial charge in [-0.2, -0.15) is 0 Å². The predicted octanol–water partition coefficient (Wildman–Crippen LogP) is 2.84. The van der Waals surface area contributed by atoms with Gasteiger partial charge in [-0.3, -0.25) is 4.79 Å². The lowest BCUT2D eigenvalue weighted by Gasteiger charge is -2.06. The summed E-state index contributed by atoms with van der Waals surface area (Å²) in [5.74, 6) is -0.410. The number of nitrogens with one attached hydrogen (secondary N) is 1. The van der Waals surface area contributed by atoms with Gasteiger partial charge in [0.2, 0.25) is 0 Å². The third-order valence-electron chi connectivity index (χ3n) is 3.43. The number of aryl methyl sites for hydroxylation is 2. The Hall–Kier alpha value is -3.15. The zero-order valence-corrected chi connectivity index (χ0v) is 12.8. The highest BCUT2D eigenvalue weighted by Gasteiger charge is 2.13. The summed E-state index contributed by atoms with van der Waals surface area (Å²) in [5, 5.41) is 20.3. The normalized spacial score (nSPS) is 10.5. The number of hydrogen-bond donors (Lipinski definition) is 2. The van der Waals surface area contributed by atoms with Gasteiger partial charge in [-0.25, -0.2) is 4.68 Å². The van der Waals surface area contributed by atoms with Gasteiger partial charge >= 0.3 is 0 Å². The van der Waals surface area contributed by atoms with E-state index in [2.05, 4.69) is 15.6 Å². The van der Waals surface area contributed by atoms with Crippen LogP contribution in [0.4, 0.5) is 5.69 Å². The second kappa shape index (κ2) is 5.92. The summed E-state index contributed by atoms with van der Waals surface area (Å²) in [5.41, 5.74) is 3.38. The summed E-state index contributed by atoms with van der Waals surface area (Å²) >= 11 is 0. The molecule has 1 heterocycles. The maximum Gasteiger partial charge on any atom is 0.277 e. The molecular formula is C17H16N4O2. The zero-order chi connectivity index (χ0) is 16.4. The number of rotatable bonds is 3. The highest BCUT2D eigenvalue weighted by Crippen LogP contribution is 2.24. The number of phenols is 1. The molecular weight excluding hydrogens is 292 g/mol. The molecule has 0 atom stereocenters. The molecule has 1 aromatic heterocycles. The number of carbonyl (C=O) groups excluding carboxylic acids is 1. The van der Waals surface area contributed by atoms with Crippen LogP contribution in [0.5, 0.6) is 5.75 Å². The average molecular weight is 308 g/mol. The van der Waals surface area contributed by atoms with Gasteiger partial charge < -0.3 is 10.4 Å². The summed E-state index contributed by atoms with van der Waals surface area (Å²) < 4.78 is 1.53. The van der Waals surface area contributed by atoms with E-state index in [1.807, 2.05) is 38.1 Å². The zero-order valence-electron chi connectivity index (χ0n) is 12.8. The van der Waals surface area contributed by atoms with Crippen LogP contribution >= 0.6 is 0 Å². The van der Waals surface area contributed by atoms with Crippen molar-refractivity contribution in [3.8, 4) is 11.4 Å². The molecule has 0 saturated heterocycles. The number of nitrogens with zero attached hydrogens (tertiary/aromatic N) is 3. The Balaban J connectivity index is 1.79. The Morgan fingerprint density at radius 3 is 2.48 bits per heavy atom. The minimum Gasteiger partial charge on any atom is -0.506 e. The van der Waals surface area contributed by atoms with Crippen molar-refractivity contribution in [3.63, 3.8) is 0 Å². The standard InChI is InChI=1S/C17H16N4O2/c1-11-3-6-13(7-4-11)21-10-15(19-20-21)17(23)18-14-8-5-12(2)9-16(14)22/h3-10,22H,1-2H3,(H,18,23). The third-order valence-corrected chi connectivity index (χ3v) is 3.43. The minimum atomic E-state index is -0.428. The summed E-state index contributed by atoms with van der Waals surface area (Å²) in [6.45, 7) is 3.86. The van der Waals surface area contributed by atoms with Crippen molar-refractivity contribution in [2.24, 2.45) is 0 Å². The van der Waals surface area contributed by atoms with Crippen LogP contribution in [0.15, 0.2) is 48.7 Å². The Bertz CT molecular complexity index is 853. The fraction of sp³-hybridized carbons (Fsp3) is 0.118. The van der Waals surface area contributed by atoms with E-state index < -0.39 is 5.91 Å². The van der Waals surface area contributed by atoms with Gasteiger partial charge in [0.05, 0.1) is 17.6 Å². The van der Waals surface area contributed by atoms with Crippen LogP contribution in [0.3, 0.4) is 0 Å². The molecule has 3 aromatic rings. The van der Waals surface area contributed by atoms with E-state index in [0.717, 1.165) is 16.8 Å². The average Bonchev–Trinajstić information content (AvgIpc) is 3.01. The molecule has 0 bridgehead atoms. The number of hydrogen-bond acceptors (Lipinski definition) is 4. The van der Waals surface area contributed by atoms with E-state index >= 15 is 0 Å². The van der Waals surface area contributed by atoms with Crippen LogP contribution in [0, 0.1) is 13.8 Å². The van der Waals surface area contributed by atoms with E-state index in [-0.39, 0.29) is 11.4 Å². The Kier molecular flexibility index (Phi) is 3.80. The minimum absolute atomic E-state index is 0.0178. The molecule has 0 radical (unpaired) electrons. The number of aromatic nitrogens is 3. The first-order valence-corrected chi connectivity index (χ1v) is 7.13. The molecule has 23 heavy (non-hydrogen) atoms. The van der Waals surface area contributed by atoms with Crippen molar-refractivity contribution in [1.29, 1.82) is 0 Å². The van der Waals surface area contributed by atoms with Gasteiger partial charge in [-0.1, -0.05) is 29.0 Å². The quantitative estimate of drug-likeness (QED) is 0.729. The topological polar surface area (TPSA) is 80.0 Å². The van der Waals surface area contributed by atoms with Crippen molar-refractivity contribution in [2.45, 2.75) is 13.8 Å². The fourth-order valence-corrected chi connectivity index (χ4v) is 2.13. The van der Waals surface area contributed by atoms with E-state index in [0.29, 0.717) is 5.69 Å². The molecule has 2 N–H and O–H groups in total. The maximum atomic E-state index is 12.2. The van der Waals surface area contributed by atoms with Gasteiger partial charge in [0.25, 0.3) is 5.91 Å². The van der Waals surface area contributed by atoms with Gasteiger partial charge in [0.15, 0.2) is 5.69 Å². The molecule has 2 aromatic carbocycles. The summed E-state index contributed by atoms with van der Waals surface area (Å²) in [6, 6.07) is 12.8. The first-order valence-electron chi connectivity index (χ1n) is 7.13. The lowest BCUT2D eigenvalue weighted by molar-refractivity contribution is 0.102. The fourth-order valence-electron chi connectivity index (χ4n) is 2.13. The van der Waals surface area contributed by atoms with Gasteiger partial charge in [-0.15, -0.1) is 5.10 Å². The Labute approximate surface area is 133 Å². The largest absolute Gasteiger partial charge is 0.506 e. The SMILES string of the molecule is Cc1ccc(-n2cc(C(=O)Nc3ccc(C)cc3O)nn2)cc1. The molecule has 0 saturated carbocycles. The Morgan fingerprint density at radius 1 is 1.09 bits per heavy atom. The number of aromatic hydroxyl groups is 1. The molecule has 6 heteroatoms. The maximum absolute atomic E-state index is 12.2. The van der Waals surface area contributed by atoms with Crippen molar-refractivity contribution < 1.29 is 9.90 Å². The highest BCUT2D eigenvalue weighted by molar-refractivity contribution is 6.03. The molecule has 0 unspecified atom stereocenters. The van der Waals surface area contributed by atoms with Crippen molar-refractivity contribution in [3.05, 3.63) is 65.5 Å². The van der Waals surface area contributed by atoms with Gasteiger partial charge in [-0.05, 0) is 43.7 Å². The van der Waals surface area contributed by atoms with Gasteiger partial charge in [0.1, 0.15) is 5.75 Å². The summed E-state index contributed by atoms with van der Waals surface area (Å²) in [7, 11) is 0. The van der Waals surface area contributed by atoms with Crippen molar-refractivity contribution >= 4 is 11.6 Å². The van der Waals surface area contributed by atoms with E-state index in [4.69, 9.17) is 0 Å². The van der Waals surface area contributed by atoms with Crippen LogP contribution in [-0.4, -0.2) is 26.0 Å². The van der Waals surface area contributed by atoms with Crippen LogP contribution in [-0.2, 0) is 0 Å².